The molecule has 10 rings (SSSR count). The van der Waals surface area contributed by atoms with Gasteiger partial charge in [-0.15, -0.1) is 0 Å². The number of hydrogen-bond donors (Lipinski definition) is 0. The quantitative estimate of drug-likeness (QED) is 0.175. The van der Waals surface area contributed by atoms with Gasteiger partial charge in [0.1, 0.15) is 11.2 Å². The minimum absolute atomic E-state index is 0.877. The van der Waals surface area contributed by atoms with Crippen molar-refractivity contribution in [2.45, 2.75) is 0 Å². The van der Waals surface area contributed by atoms with Gasteiger partial charge in [0, 0.05) is 22.0 Å². The van der Waals surface area contributed by atoms with Crippen LogP contribution in [-0.2, 0) is 0 Å². The lowest BCUT2D eigenvalue weighted by Gasteiger charge is -2.28. The third-order valence-corrected chi connectivity index (χ3v) is 10.0. The first-order valence-corrected chi connectivity index (χ1v) is 17.1. The number of hydrogen-bond acceptors (Lipinski definition) is 2. The van der Waals surface area contributed by atoms with Crippen molar-refractivity contribution in [3.05, 3.63) is 188 Å². The molecule has 0 aliphatic rings. The van der Waals surface area contributed by atoms with E-state index in [1.165, 1.54) is 43.4 Å². The van der Waals surface area contributed by atoms with Gasteiger partial charge in [-0.3, -0.25) is 0 Å². The Morgan fingerprint density at radius 2 is 0.940 bits per heavy atom. The first kappa shape index (κ1) is 28.4. The van der Waals surface area contributed by atoms with Crippen LogP contribution in [0.2, 0.25) is 0 Å². The van der Waals surface area contributed by atoms with Gasteiger partial charge in [-0.1, -0.05) is 152 Å². The van der Waals surface area contributed by atoms with Gasteiger partial charge >= 0.3 is 0 Å². The van der Waals surface area contributed by atoms with Crippen molar-refractivity contribution in [3.63, 3.8) is 0 Å². The minimum atomic E-state index is 0.877. The number of fused-ring (bicyclic) bond motifs is 7. The van der Waals surface area contributed by atoms with Crippen LogP contribution in [0.5, 0.6) is 0 Å². The highest BCUT2D eigenvalue weighted by Gasteiger charge is 2.24. The molecule has 0 atom stereocenters. The van der Waals surface area contributed by atoms with E-state index < -0.39 is 0 Å². The van der Waals surface area contributed by atoms with Gasteiger partial charge in [-0.05, 0) is 80.0 Å². The molecule has 0 spiro atoms. The molecule has 0 aliphatic heterocycles. The van der Waals surface area contributed by atoms with Crippen molar-refractivity contribution in [2.24, 2.45) is 0 Å². The Balaban J connectivity index is 1.27. The van der Waals surface area contributed by atoms with Gasteiger partial charge in [-0.2, -0.15) is 0 Å². The lowest BCUT2D eigenvalue weighted by molar-refractivity contribution is 0.670. The van der Waals surface area contributed by atoms with E-state index in [9.17, 15) is 0 Å². The normalized spacial score (nSPS) is 11.6. The van der Waals surface area contributed by atoms with Crippen LogP contribution in [-0.4, -0.2) is 0 Å². The second-order valence-electron chi connectivity index (χ2n) is 12.9. The number of para-hydroxylation sites is 1. The van der Waals surface area contributed by atoms with E-state index in [0.717, 1.165) is 50.1 Å². The Kier molecular flexibility index (Phi) is 6.53. The van der Waals surface area contributed by atoms with Crippen LogP contribution in [0.25, 0.3) is 76.5 Å². The maximum Gasteiger partial charge on any atom is 0.145 e. The van der Waals surface area contributed by atoms with Gasteiger partial charge in [0.15, 0.2) is 0 Å². The van der Waals surface area contributed by atoms with Crippen LogP contribution in [0.3, 0.4) is 0 Å². The molecule has 10 aromatic rings. The average Bonchev–Trinajstić information content (AvgIpc) is 3.58. The fourth-order valence-electron chi connectivity index (χ4n) is 7.74. The molecule has 50 heavy (non-hydrogen) atoms. The molecular formula is C48H31NO. The molecular weight excluding hydrogens is 607 g/mol. The van der Waals surface area contributed by atoms with Crippen LogP contribution in [0, 0.1) is 0 Å². The predicted octanol–water partition coefficient (Wildman–Crippen LogP) is 13.8. The van der Waals surface area contributed by atoms with Crippen molar-refractivity contribution in [3.8, 4) is 22.3 Å². The van der Waals surface area contributed by atoms with E-state index in [1.807, 2.05) is 6.07 Å². The zero-order valence-electron chi connectivity index (χ0n) is 27.3. The summed E-state index contributed by atoms with van der Waals surface area (Å²) in [4.78, 5) is 2.43. The van der Waals surface area contributed by atoms with Crippen molar-refractivity contribution in [2.75, 3.05) is 4.90 Å². The molecule has 0 radical (unpaired) electrons. The fraction of sp³-hybridized carbons (Fsp3) is 0. The lowest BCUT2D eigenvalue weighted by Crippen LogP contribution is -2.11. The Bertz CT molecular complexity index is 2860. The van der Waals surface area contributed by atoms with E-state index >= 15 is 0 Å². The second kappa shape index (κ2) is 11.5. The molecule has 9 aromatic carbocycles. The minimum Gasteiger partial charge on any atom is -0.455 e. The van der Waals surface area contributed by atoms with Gasteiger partial charge < -0.3 is 9.32 Å². The molecule has 0 bridgehead atoms. The van der Waals surface area contributed by atoms with E-state index in [0.29, 0.717) is 0 Å². The number of furan rings is 1. The largest absolute Gasteiger partial charge is 0.455 e. The highest BCUT2D eigenvalue weighted by Crippen LogP contribution is 2.48. The van der Waals surface area contributed by atoms with Crippen molar-refractivity contribution < 1.29 is 4.42 Å². The summed E-state index contributed by atoms with van der Waals surface area (Å²) < 4.78 is 6.75. The zero-order chi connectivity index (χ0) is 33.0. The maximum atomic E-state index is 6.75. The molecule has 0 fully saturated rings. The Labute approximate surface area is 290 Å². The molecule has 0 saturated heterocycles. The molecule has 0 N–H and O–H groups in total. The lowest BCUT2D eigenvalue weighted by atomic mass is 9.96. The van der Waals surface area contributed by atoms with E-state index in [-0.39, 0.29) is 0 Å². The van der Waals surface area contributed by atoms with Crippen LogP contribution >= 0.6 is 0 Å². The topological polar surface area (TPSA) is 16.4 Å². The highest BCUT2D eigenvalue weighted by atomic mass is 16.3. The van der Waals surface area contributed by atoms with Gasteiger partial charge in [0.2, 0.25) is 0 Å². The molecule has 2 nitrogen and oxygen atoms in total. The molecule has 234 valence electrons. The first-order chi connectivity index (χ1) is 24.8. The second-order valence-corrected chi connectivity index (χ2v) is 12.9. The fourth-order valence-corrected chi connectivity index (χ4v) is 7.74. The summed E-state index contributed by atoms with van der Waals surface area (Å²) in [6.07, 6.45) is 0. The molecule has 2 heteroatoms. The summed E-state index contributed by atoms with van der Waals surface area (Å²) in [6.45, 7) is 0. The molecule has 0 unspecified atom stereocenters. The summed E-state index contributed by atoms with van der Waals surface area (Å²) in [5.41, 5.74) is 9.66. The number of rotatable bonds is 5. The molecule has 0 aliphatic carbocycles. The van der Waals surface area contributed by atoms with E-state index in [4.69, 9.17) is 4.42 Å². The number of anilines is 3. The molecule has 0 amide bonds. The Hall–Kier alpha value is -6.64. The van der Waals surface area contributed by atoms with Crippen LogP contribution in [0.1, 0.15) is 0 Å². The Morgan fingerprint density at radius 3 is 1.78 bits per heavy atom. The summed E-state index contributed by atoms with van der Waals surface area (Å²) in [7, 11) is 0. The highest BCUT2D eigenvalue weighted by molar-refractivity contribution is 6.20. The predicted molar refractivity (Wildman–Crippen MR) is 212 cm³/mol. The SMILES string of the molecule is c1ccc(-c2ccc(N(c3ccc(-c4cccc5ccccc45)cc3)c3cccc4ccc5ccccc5c34)c3c2oc2ccccc23)cc1. The van der Waals surface area contributed by atoms with Gasteiger partial charge in [0.25, 0.3) is 0 Å². The summed E-state index contributed by atoms with van der Waals surface area (Å²) >= 11 is 0. The average molecular weight is 638 g/mol. The molecule has 0 saturated carbocycles. The van der Waals surface area contributed by atoms with Gasteiger partial charge in [0.05, 0.1) is 16.8 Å². The van der Waals surface area contributed by atoms with Crippen LogP contribution in [0.15, 0.2) is 192 Å². The standard InChI is InChI=1S/C48H31NO/c1-2-12-33(13-3-1)41-30-31-44(47-42-20-8-9-23-45(42)50-48(41)47)49(43-22-11-17-36-25-24-34-15-5-7-19-40(34)46(36)43)37-28-26-35(27-29-37)39-21-10-16-32-14-4-6-18-38(32)39/h1-31H. The van der Waals surface area contributed by atoms with Crippen LogP contribution < -0.4 is 4.90 Å². The van der Waals surface area contributed by atoms with Crippen molar-refractivity contribution in [1.82, 2.24) is 0 Å². The first-order valence-electron chi connectivity index (χ1n) is 17.1. The van der Waals surface area contributed by atoms with Crippen LogP contribution in [0.4, 0.5) is 17.1 Å². The van der Waals surface area contributed by atoms with Crippen molar-refractivity contribution >= 4 is 71.3 Å². The van der Waals surface area contributed by atoms with Crippen molar-refractivity contribution in [1.29, 1.82) is 0 Å². The summed E-state index contributed by atoms with van der Waals surface area (Å²) in [5.74, 6) is 0. The van der Waals surface area contributed by atoms with E-state index in [1.54, 1.807) is 0 Å². The smallest absolute Gasteiger partial charge is 0.145 e. The third kappa shape index (κ3) is 4.50. The summed E-state index contributed by atoms with van der Waals surface area (Å²) in [6, 6.07) is 67.4. The molecule has 1 aromatic heterocycles. The van der Waals surface area contributed by atoms with E-state index in [2.05, 4.69) is 187 Å². The zero-order valence-corrected chi connectivity index (χ0v) is 27.3. The molecule has 1 heterocycles. The third-order valence-electron chi connectivity index (χ3n) is 10.0. The Morgan fingerprint density at radius 1 is 0.340 bits per heavy atom. The number of benzene rings is 9. The number of nitrogens with zero attached hydrogens (tertiary/aromatic N) is 1. The summed E-state index contributed by atoms with van der Waals surface area (Å²) in [5, 5.41) is 9.55. The monoisotopic (exact) mass is 637 g/mol. The van der Waals surface area contributed by atoms with Gasteiger partial charge in [-0.25, -0.2) is 0 Å². The maximum absolute atomic E-state index is 6.75.